The molecule has 29 heavy (non-hydrogen) atoms. The number of nitrogens with one attached hydrogen (secondary N) is 2. The summed E-state index contributed by atoms with van der Waals surface area (Å²) in [7, 11) is 1.52. The lowest BCUT2D eigenvalue weighted by Crippen LogP contribution is -2.23. The lowest BCUT2D eigenvalue weighted by molar-refractivity contribution is 0.0950. The first-order chi connectivity index (χ1) is 14.0. The van der Waals surface area contributed by atoms with Crippen LogP contribution in [0.15, 0.2) is 53.4 Å². The van der Waals surface area contributed by atoms with E-state index in [4.69, 9.17) is 15.2 Å². The van der Waals surface area contributed by atoms with Crippen LogP contribution in [0.2, 0.25) is 0 Å². The number of primary amides is 1. The largest absolute Gasteiger partial charge is 0.493 e. The fourth-order valence-electron chi connectivity index (χ4n) is 2.52. The van der Waals surface area contributed by atoms with Crippen molar-refractivity contribution in [3.05, 3.63) is 70.2 Å². The number of methoxy groups -OCH3 is 1. The standard InChI is InChI=1S/C20H20N4O4S/c1-27-18-8-14(4-7-17(18)28-10-16-11-29-12-23-16)19(25)22-9-13-2-5-15(6-3-13)24-20(21)26/h2-8,11-12H,9-10H2,1H3,(H,22,25)(H3,21,24,26). The van der Waals surface area contributed by atoms with Gasteiger partial charge in [0.2, 0.25) is 0 Å². The average Bonchev–Trinajstić information content (AvgIpc) is 3.24. The number of anilines is 1. The van der Waals surface area contributed by atoms with Crippen LogP contribution in [-0.4, -0.2) is 24.0 Å². The summed E-state index contributed by atoms with van der Waals surface area (Å²) in [4.78, 5) is 27.5. The van der Waals surface area contributed by atoms with Gasteiger partial charge >= 0.3 is 6.03 Å². The molecular formula is C20H20N4O4S. The van der Waals surface area contributed by atoms with Gasteiger partial charge in [-0.3, -0.25) is 4.79 Å². The number of rotatable bonds is 8. The molecule has 2 aromatic carbocycles. The van der Waals surface area contributed by atoms with Gasteiger partial charge in [-0.1, -0.05) is 12.1 Å². The lowest BCUT2D eigenvalue weighted by atomic mass is 10.1. The van der Waals surface area contributed by atoms with Gasteiger partial charge in [-0.15, -0.1) is 11.3 Å². The molecule has 0 saturated carbocycles. The van der Waals surface area contributed by atoms with E-state index < -0.39 is 6.03 Å². The third-order valence-corrected chi connectivity index (χ3v) is 4.59. The van der Waals surface area contributed by atoms with Crippen molar-refractivity contribution in [2.24, 2.45) is 5.73 Å². The Hall–Kier alpha value is -3.59. The van der Waals surface area contributed by atoms with Gasteiger partial charge in [-0.25, -0.2) is 9.78 Å². The minimum Gasteiger partial charge on any atom is -0.493 e. The molecule has 1 aromatic heterocycles. The molecule has 0 bridgehead atoms. The van der Waals surface area contributed by atoms with Crippen LogP contribution in [0.1, 0.15) is 21.6 Å². The molecular weight excluding hydrogens is 392 g/mol. The van der Waals surface area contributed by atoms with Gasteiger partial charge in [0.25, 0.3) is 5.91 Å². The topological polar surface area (TPSA) is 116 Å². The SMILES string of the molecule is COc1cc(C(=O)NCc2ccc(NC(N)=O)cc2)ccc1OCc1cscn1. The highest BCUT2D eigenvalue weighted by atomic mass is 32.1. The summed E-state index contributed by atoms with van der Waals surface area (Å²) in [5.74, 6) is 0.762. The first kappa shape index (κ1) is 20.2. The normalized spacial score (nSPS) is 10.2. The van der Waals surface area contributed by atoms with Crippen LogP contribution in [0.25, 0.3) is 0 Å². The summed E-state index contributed by atoms with van der Waals surface area (Å²) in [6.07, 6.45) is 0. The smallest absolute Gasteiger partial charge is 0.316 e. The highest BCUT2D eigenvalue weighted by Gasteiger charge is 2.12. The van der Waals surface area contributed by atoms with Crippen LogP contribution in [0.4, 0.5) is 10.5 Å². The molecule has 0 atom stereocenters. The minimum atomic E-state index is -0.626. The summed E-state index contributed by atoms with van der Waals surface area (Å²) in [5.41, 5.74) is 9.57. The highest BCUT2D eigenvalue weighted by molar-refractivity contribution is 7.07. The number of hydrogen-bond acceptors (Lipinski definition) is 6. The van der Waals surface area contributed by atoms with E-state index in [0.29, 0.717) is 35.9 Å². The highest BCUT2D eigenvalue weighted by Crippen LogP contribution is 2.29. The van der Waals surface area contributed by atoms with Crippen molar-refractivity contribution in [1.82, 2.24) is 10.3 Å². The van der Waals surface area contributed by atoms with Crippen LogP contribution in [0, 0.1) is 0 Å². The molecule has 0 aliphatic rings. The molecule has 9 heteroatoms. The molecule has 8 nitrogen and oxygen atoms in total. The van der Waals surface area contributed by atoms with Crippen LogP contribution in [0.5, 0.6) is 11.5 Å². The van der Waals surface area contributed by atoms with Crippen molar-refractivity contribution in [3.63, 3.8) is 0 Å². The van der Waals surface area contributed by atoms with Crippen LogP contribution < -0.4 is 25.8 Å². The maximum absolute atomic E-state index is 12.5. The monoisotopic (exact) mass is 412 g/mol. The van der Waals surface area contributed by atoms with E-state index in [1.54, 1.807) is 48.0 Å². The van der Waals surface area contributed by atoms with E-state index in [1.165, 1.54) is 18.4 Å². The molecule has 3 rings (SSSR count). The number of benzene rings is 2. The summed E-state index contributed by atoms with van der Waals surface area (Å²) in [5, 5.41) is 7.23. The Balaban J connectivity index is 1.59. The maximum Gasteiger partial charge on any atom is 0.316 e. The third-order valence-electron chi connectivity index (χ3n) is 3.96. The van der Waals surface area contributed by atoms with E-state index in [9.17, 15) is 9.59 Å². The maximum atomic E-state index is 12.5. The van der Waals surface area contributed by atoms with Gasteiger partial charge in [0.05, 0.1) is 18.3 Å². The first-order valence-electron chi connectivity index (χ1n) is 8.66. The van der Waals surface area contributed by atoms with E-state index in [0.717, 1.165) is 11.3 Å². The van der Waals surface area contributed by atoms with Gasteiger partial charge in [-0.2, -0.15) is 0 Å². The fraction of sp³-hybridized carbons (Fsp3) is 0.150. The first-order valence-corrected chi connectivity index (χ1v) is 9.61. The molecule has 0 fully saturated rings. The lowest BCUT2D eigenvalue weighted by Gasteiger charge is -2.12. The zero-order valence-corrected chi connectivity index (χ0v) is 16.5. The number of carbonyl (C=O) groups is 2. The van der Waals surface area contributed by atoms with E-state index in [2.05, 4.69) is 15.6 Å². The Labute approximate surface area is 171 Å². The van der Waals surface area contributed by atoms with Crippen LogP contribution in [0.3, 0.4) is 0 Å². The number of amides is 3. The van der Waals surface area contributed by atoms with Gasteiger partial charge in [0, 0.05) is 23.2 Å². The number of hydrogen-bond donors (Lipinski definition) is 3. The second-order valence-electron chi connectivity index (χ2n) is 6.00. The quantitative estimate of drug-likeness (QED) is 0.526. The summed E-state index contributed by atoms with van der Waals surface area (Å²) >= 11 is 1.50. The molecule has 150 valence electrons. The fourth-order valence-corrected chi connectivity index (χ4v) is 3.06. The van der Waals surface area contributed by atoms with Crippen molar-refractivity contribution in [3.8, 4) is 11.5 Å². The molecule has 4 N–H and O–H groups in total. The molecule has 0 unspecified atom stereocenters. The predicted octanol–water partition coefficient (Wildman–Crippen LogP) is 3.15. The zero-order chi connectivity index (χ0) is 20.6. The molecule has 3 aromatic rings. The third kappa shape index (κ3) is 5.69. The molecule has 0 aliphatic heterocycles. The van der Waals surface area contributed by atoms with Gasteiger partial charge in [-0.05, 0) is 35.9 Å². The number of nitrogens with zero attached hydrogens (tertiary/aromatic N) is 1. The number of aromatic nitrogens is 1. The van der Waals surface area contributed by atoms with Gasteiger partial charge < -0.3 is 25.8 Å². The molecule has 0 aliphatic carbocycles. The molecule has 0 saturated heterocycles. The Morgan fingerprint density at radius 3 is 2.59 bits per heavy atom. The minimum absolute atomic E-state index is 0.242. The second-order valence-corrected chi connectivity index (χ2v) is 6.72. The Morgan fingerprint density at radius 1 is 1.14 bits per heavy atom. The number of urea groups is 1. The zero-order valence-electron chi connectivity index (χ0n) is 15.7. The van der Waals surface area contributed by atoms with Gasteiger partial charge in [0.15, 0.2) is 11.5 Å². The average molecular weight is 412 g/mol. The number of ether oxygens (including phenoxy) is 2. The second kappa shape index (κ2) is 9.56. The van der Waals surface area contributed by atoms with E-state index >= 15 is 0 Å². The van der Waals surface area contributed by atoms with Crippen molar-refractivity contribution >= 4 is 29.0 Å². The Kier molecular flexibility index (Phi) is 6.64. The molecule has 1 heterocycles. The van der Waals surface area contributed by atoms with Crippen molar-refractivity contribution in [2.45, 2.75) is 13.2 Å². The summed E-state index contributed by atoms with van der Waals surface area (Å²) in [6.45, 7) is 0.659. The summed E-state index contributed by atoms with van der Waals surface area (Å²) < 4.78 is 11.1. The van der Waals surface area contributed by atoms with Crippen molar-refractivity contribution in [2.75, 3.05) is 12.4 Å². The predicted molar refractivity (Wildman–Crippen MR) is 110 cm³/mol. The number of nitrogens with two attached hydrogens (primary N) is 1. The van der Waals surface area contributed by atoms with Crippen molar-refractivity contribution in [1.29, 1.82) is 0 Å². The van der Waals surface area contributed by atoms with E-state index in [-0.39, 0.29) is 5.91 Å². The summed E-state index contributed by atoms with van der Waals surface area (Å²) in [6, 6.07) is 11.4. The molecule has 3 amide bonds. The Morgan fingerprint density at radius 2 is 1.93 bits per heavy atom. The van der Waals surface area contributed by atoms with Crippen LogP contribution in [-0.2, 0) is 13.2 Å². The molecule has 0 spiro atoms. The Bertz CT molecular complexity index is 975. The van der Waals surface area contributed by atoms with Gasteiger partial charge in [0.1, 0.15) is 6.61 Å². The van der Waals surface area contributed by atoms with Crippen molar-refractivity contribution < 1.29 is 19.1 Å². The van der Waals surface area contributed by atoms with E-state index in [1.807, 2.05) is 5.38 Å². The molecule has 0 radical (unpaired) electrons. The van der Waals surface area contributed by atoms with Crippen LogP contribution >= 0.6 is 11.3 Å². The number of thiazole rings is 1. The number of carbonyl (C=O) groups excluding carboxylic acids is 2.